The van der Waals surface area contributed by atoms with Crippen LogP contribution >= 0.6 is 0 Å². The molecular formula is C15H28N6. The van der Waals surface area contributed by atoms with E-state index in [0.717, 1.165) is 37.8 Å². The lowest BCUT2D eigenvalue weighted by Gasteiger charge is -2.62. The molecule has 2 heterocycles. The second-order valence-electron chi connectivity index (χ2n) is 6.80. The summed E-state index contributed by atoms with van der Waals surface area (Å²) in [6.07, 6.45) is 2.70. The predicted molar refractivity (Wildman–Crippen MR) is 85.3 cm³/mol. The zero-order chi connectivity index (χ0) is 15.7. The minimum Gasteiger partial charge on any atom is -0.354 e. The largest absolute Gasteiger partial charge is 0.354 e. The molecule has 0 unspecified atom stereocenters. The van der Waals surface area contributed by atoms with E-state index in [1.165, 1.54) is 0 Å². The maximum atomic E-state index is 4.42. The minimum atomic E-state index is 0.125. The Labute approximate surface area is 127 Å². The van der Waals surface area contributed by atoms with Crippen molar-refractivity contribution in [2.24, 2.45) is 10.4 Å². The maximum Gasteiger partial charge on any atom is 0.194 e. The molecule has 0 radical (unpaired) electrons. The van der Waals surface area contributed by atoms with Crippen molar-refractivity contribution in [3.63, 3.8) is 0 Å². The van der Waals surface area contributed by atoms with E-state index in [-0.39, 0.29) is 5.54 Å². The van der Waals surface area contributed by atoms with Gasteiger partial charge < -0.3 is 14.8 Å². The average molecular weight is 292 g/mol. The summed E-state index contributed by atoms with van der Waals surface area (Å²) in [5.74, 6) is 2.00. The van der Waals surface area contributed by atoms with Gasteiger partial charge in [-0.3, -0.25) is 4.99 Å². The molecule has 1 aromatic rings. The summed E-state index contributed by atoms with van der Waals surface area (Å²) >= 11 is 0. The highest BCUT2D eigenvalue weighted by atomic mass is 15.4. The Balaban J connectivity index is 1.90. The van der Waals surface area contributed by atoms with Gasteiger partial charge in [-0.2, -0.15) is 0 Å². The van der Waals surface area contributed by atoms with Crippen LogP contribution in [0.1, 0.15) is 40.4 Å². The van der Waals surface area contributed by atoms with Crippen LogP contribution in [0.2, 0.25) is 0 Å². The lowest BCUT2D eigenvalue weighted by atomic mass is 9.65. The number of rotatable bonds is 4. The Hall–Kier alpha value is -1.59. The molecule has 0 bridgehead atoms. The van der Waals surface area contributed by atoms with Crippen molar-refractivity contribution < 1.29 is 0 Å². The third-order valence-electron chi connectivity index (χ3n) is 5.00. The van der Waals surface area contributed by atoms with Crippen LogP contribution in [-0.4, -0.2) is 51.3 Å². The van der Waals surface area contributed by atoms with Crippen molar-refractivity contribution in [2.45, 2.75) is 53.1 Å². The second kappa shape index (κ2) is 5.66. The van der Waals surface area contributed by atoms with E-state index in [2.05, 4.69) is 64.6 Å². The first-order valence-electron chi connectivity index (χ1n) is 7.68. The molecule has 1 fully saturated rings. The van der Waals surface area contributed by atoms with Gasteiger partial charge in [0.25, 0.3) is 0 Å². The van der Waals surface area contributed by atoms with E-state index >= 15 is 0 Å². The Morgan fingerprint density at radius 1 is 1.38 bits per heavy atom. The number of nitrogens with zero attached hydrogens (tertiary/aromatic N) is 5. The first kappa shape index (κ1) is 15.8. The monoisotopic (exact) mass is 292 g/mol. The molecule has 0 amide bonds. The number of likely N-dealkylation sites (tertiary alicyclic amines) is 1. The number of aromatic nitrogens is 3. The summed E-state index contributed by atoms with van der Waals surface area (Å²) in [6.45, 7) is 14.0. The fourth-order valence-electron chi connectivity index (χ4n) is 2.72. The standard InChI is InChI=1S/C15H28N6/c1-7-12-19-18-11-20(12)9-8-17-13(16-6)21-10-14(2,3)15(21,4)5/h11H,7-10H2,1-6H3,(H,16,17). The van der Waals surface area contributed by atoms with E-state index in [0.29, 0.717) is 5.41 Å². The average Bonchev–Trinajstić information content (AvgIpc) is 2.89. The smallest absolute Gasteiger partial charge is 0.194 e. The maximum absolute atomic E-state index is 4.42. The number of hydrogen-bond acceptors (Lipinski definition) is 3. The molecule has 1 aliphatic heterocycles. The molecule has 0 atom stereocenters. The van der Waals surface area contributed by atoms with Gasteiger partial charge in [0.2, 0.25) is 0 Å². The van der Waals surface area contributed by atoms with Crippen molar-refractivity contribution in [1.29, 1.82) is 0 Å². The van der Waals surface area contributed by atoms with Gasteiger partial charge in [0.05, 0.1) is 0 Å². The van der Waals surface area contributed by atoms with E-state index in [4.69, 9.17) is 0 Å². The number of nitrogens with one attached hydrogen (secondary N) is 1. The minimum absolute atomic E-state index is 0.125. The molecular weight excluding hydrogens is 264 g/mol. The highest BCUT2D eigenvalue weighted by Gasteiger charge is 2.53. The molecule has 6 nitrogen and oxygen atoms in total. The highest BCUT2D eigenvalue weighted by Crippen LogP contribution is 2.46. The van der Waals surface area contributed by atoms with Gasteiger partial charge in [0.15, 0.2) is 5.96 Å². The summed E-state index contributed by atoms with van der Waals surface area (Å²) in [7, 11) is 1.85. The molecule has 1 aliphatic rings. The summed E-state index contributed by atoms with van der Waals surface area (Å²) in [5.41, 5.74) is 0.439. The Bertz CT molecular complexity index is 514. The Kier molecular flexibility index (Phi) is 4.25. The summed E-state index contributed by atoms with van der Waals surface area (Å²) in [6, 6.07) is 0. The van der Waals surface area contributed by atoms with Crippen LogP contribution in [0.4, 0.5) is 0 Å². The quantitative estimate of drug-likeness (QED) is 0.675. The molecule has 2 rings (SSSR count). The van der Waals surface area contributed by atoms with Crippen LogP contribution in [0.15, 0.2) is 11.3 Å². The summed E-state index contributed by atoms with van der Waals surface area (Å²) in [4.78, 5) is 6.77. The van der Waals surface area contributed by atoms with Crippen LogP contribution < -0.4 is 5.32 Å². The molecule has 0 aromatic carbocycles. The number of hydrogen-bond donors (Lipinski definition) is 1. The first-order chi connectivity index (χ1) is 9.83. The molecule has 0 spiro atoms. The Morgan fingerprint density at radius 2 is 2.10 bits per heavy atom. The summed E-state index contributed by atoms with van der Waals surface area (Å²) < 4.78 is 2.09. The van der Waals surface area contributed by atoms with Crippen LogP contribution in [0.3, 0.4) is 0 Å². The van der Waals surface area contributed by atoms with Crippen molar-refractivity contribution in [2.75, 3.05) is 20.1 Å². The zero-order valence-corrected chi connectivity index (χ0v) is 14.1. The van der Waals surface area contributed by atoms with Gasteiger partial charge in [0.1, 0.15) is 12.2 Å². The van der Waals surface area contributed by atoms with E-state index in [1.54, 1.807) is 6.33 Å². The highest BCUT2D eigenvalue weighted by molar-refractivity contribution is 5.81. The molecule has 118 valence electrons. The zero-order valence-electron chi connectivity index (χ0n) is 14.1. The normalized spacial score (nSPS) is 20.3. The van der Waals surface area contributed by atoms with E-state index in [9.17, 15) is 0 Å². The van der Waals surface area contributed by atoms with Gasteiger partial charge >= 0.3 is 0 Å². The molecule has 0 aliphatic carbocycles. The van der Waals surface area contributed by atoms with Gasteiger partial charge in [-0.1, -0.05) is 20.8 Å². The van der Waals surface area contributed by atoms with Crippen LogP contribution in [0, 0.1) is 5.41 Å². The second-order valence-corrected chi connectivity index (χ2v) is 6.80. The van der Waals surface area contributed by atoms with Crippen LogP contribution in [-0.2, 0) is 13.0 Å². The third-order valence-corrected chi connectivity index (χ3v) is 5.00. The number of aryl methyl sites for hydroxylation is 1. The molecule has 0 saturated carbocycles. The lowest BCUT2D eigenvalue weighted by molar-refractivity contribution is -0.0667. The fourth-order valence-corrected chi connectivity index (χ4v) is 2.72. The molecule has 6 heteroatoms. The molecule has 1 aromatic heterocycles. The molecule has 1 N–H and O–H groups in total. The third kappa shape index (κ3) is 2.76. The van der Waals surface area contributed by atoms with Gasteiger partial charge in [-0.25, -0.2) is 0 Å². The SMILES string of the molecule is CCc1nncn1CCNC(=NC)N1CC(C)(C)C1(C)C. The molecule has 21 heavy (non-hydrogen) atoms. The summed E-state index contributed by atoms with van der Waals surface area (Å²) in [5, 5.41) is 11.5. The van der Waals surface area contributed by atoms with Gasteiger partial charge in [-0.05, 0) is 13.8 Å². The van der Waals surface area contributed by atoms with Crippen molar-refractivity contribution in [3.05, 3.63) is 12.2 Å². The van der Waals surface area contributed by atoms with Gasteiger partial charge in [0, 0.05) is 44.1 Å². The van der Waals surface area contributed by atoms with Crippen molar-refractivity contribution in [1.82, 2.24) is 25.0 Å². The van der Waals surface area contributed by atoms with E-state index < -0.39 is 0 Å². The number of aliphatic imine (C=N–C) groups is 1. The van der Waals surface area contributed by atoms with Crippen LogP contribution in [0.25, 0.3) is 0 Å². The number of guanidine groups is 1. The lowest BCUT2D eigenvalue weighted by Crippen LogP contribution is -2.72. The predicted octanol–water partition coefficient (Wildman–Crippen LogP) is 1.54. The van der Waals surface area contributed by atoms with E-state index in [1.807, 2.05) is 7.05 Å². The topological polar surface area (TPSA) is 58.3 Å². The Morgan fingerprint density at radius 3 is 2.62 bits per heavy atom. The first-order valence-corrected chi connectivity index (χ1v) is 7.68. The fraction of sp³-hybridized carbons (Fsp3) is 0.800. The van der Waals surface area contributed by atoms with Crippen molar-refractivity contribution in [3.8, 4) is 0 Å². The van der Waals surface area contributed by atoms with Gasteiger partial charge in [-0.15, -0.1) is 10.2 Å². The molecule has 1 saturated heterocycles. The van der Waals surface area contributed by atoms with Crippen molar-refractivity contribution >= 4 is 5.96 Å². The van der Waals surface area contributed by atoms with Crippen LogP contribution in [0.5, 0.6) is 0 Å².